The molecule has 42 heavy (non-hydrogen) atoms. The van der Waals surface area contributed by atoms with Crippen LogP contribution in [0.5, 0.6) is 0 Å². The van der Waals surface area contributed by atoms with E-state index in [1.165, 1.54) is 23.3 Å². The number of alkyl halides is 3. The van der Waals surface area contributed by atoms with E-state index in [-0.39, 0.29) is 11.4 Å². The van der Waals surface area contributed by atoms with Crippen molar-refractivity contribution in [3.8, 4) is 11.1 Å². The Bertz CT molecular complexity index is 1470. The fourth-order valence-corrected chi connectivity index (χ4v) is 6.23. The number of nitrogens with one attached hydrogen (secondary N) is 2. The quantitative estimate of drug-likeness (QED) is 0.304. The fraction of sp³-hybridized carbons (Fsp3) is 0.367. The minimum absolute atomic E-state index is 0.282. The van der Waals surface area contributed by atoms with Crippen LogP contribution in [0.2, 0.25) is 0 Å². The van der Waals surface area contributed by atoms with Crippen LogP contribution in [-0.4, -0.2) is 62.8 Å². The molecule has 7 nitrogen and oxygen atoms in total. The third-order valence-corrected chi connectivity index (χ3v) is 8.78. The molecule has 226 valence electrons. The highest BCUT2D eigenvalue weighted by molar-refractivity contribution is 7.89. The zero-order valence-corrected chi connectivity index (χ0v) is 23.6. The first-order valence-electron chi connectivity index (χ1n) is 13.6. The molecule has 5 rings (SSSR count). The molecular weight excluding hydrogens is 574 g/mol. The van der Waals surface area contributed by atoms with Crippen molar-refractivity contribution in [1.29, 1.82) is 0 Å². The van der Waals surface area contributed by atoms with Gasteiger partial charge in [-0.05, 0) is 84.8 Å². The van der Waals surface area contributed by atoms with Gasteiger partial charge in [-0.15, -0.1) is 0 Å². The number of halogens is 4. The summed E-state index contributed by atoms with van der Waals surface area (Å²) in [5.74, 6) is -3.49. The van der Waals surface area contributed by atoms with E-state index in [1.807, 2.05) is 18.2 Å². The van der Waals surface area contributed by atoms with Crippen molar-refractivity contribution in [2.24, 2.45) is 0 Å². The standard InChI is InChI=1S/C28H32FN3O2S.C2HF3O2/c29-27-19-25(10-11-28(27)35(33,34)31-12-15-32-13-3-4-14-32)22-9-5-6-21(16-22)20-30-26-17-23-7-1-2-8-24(23)18-26;3-2(4,5)1(6)7/h1-2,5-11,16,19,26,30-31H,3-4,12-15,17-18,20H2;(H,6,7). The molecule has 1 saturated heterocycles. The Labute approximate surface area is 242 Å². The molecule has 0 radical (unpaired) electrons. The zero-order chi connectivity index (χ0) is 30.3. The van der Waals surface area contributed by atoms with E-state index in [1.54, 1.807) is 6.07 Å². The van der Waals surface area contributed by atoms with Crippen LogP contribution in [0.3, 0.4) is 0 Å². The molecule has 3 aromatic rings. The van der Waals surface area contributed by atoms with Gasteiger partial charge in [-0.25, -0.2) is 22.3 Å². The van der Waals surface area contributed by atoms with Crippen molar-refractivity contribution in [1.82, 2.24) is 14.9 Å². The summed E-state index contributed by atoms with van der Waals surface area (Å²) in [5.41, 5.74) is 5.46. The predicted molar refractivity (Wildman–Crippen MR) is 151 cm³/mol. The minimum atomic E-state index is -5.08. The van der Waals surface area contributed by atoms with Gasteiger partial charge >= 0.3 is 12.1 Å². The summed E-state index contributed by atoms with van der Waals surface area (Å²) >= 11 is 0. The number of benzene rings is 3. The summed E-state index contributed by atoms with van der Waals surface area (Å²) in [4.78, 5) is 10.8. The number of rotatable bonds is 9. The van der Waals surface area contributed by atoms with E-state index >= 15 is 0 Å². The number of carboxylic acid groups (broad SMARTS) is 1. The highest BCUT2D eigenvalue weighted by Crippen LogP contribution is 2.26. The number of hydrogen-bond donors (Lipinski definition) is 3. The molecule has 0 spiro atoms. The molecule has 1 fully saturated rings. The summed E-state index contributed by atoms with van der Waals surface area (Å²) in [7, 11) is -3.89. The number of sulfonamides is 1. The van der Waals surface area contributed by atoms with Gasteiger partial charge in [0.15, 0.2) is 0 Å². The van der Waals surface area contributed by atoms with Crippen LogP contribution in [-0.2, 0) is 34.2 Å². The number of carbonyl (C=O) groups is 1. The molecule has 1 aliphatic heterocycles. The van der Waals surface area contributed by atoms with E-state index in [0.29, 0.717) is 18.2 Å². The normalized spacial score (nSPS) is 15.7. The van der Waals surface area contributed by atoms with E-state index in [4.69, 9.17) is 9.90 Å². The van der Waals surface area contributed by atoms with Crippen LogP contribution in [0.1, 0.15) is 29.5 Å². The van der Waals surface area contributed by atoms with Crippen molar-refractivity contribution in [2.45, 2.75) is 49.3 Å². The number of likely N-dealkylation sites (tertiary alicyclic amines) is 1. The molecule has 1 aliphatic carbocycles. The van der Waals surface area contributed by atoms with Gasteiger partial charge in [0.05, 0.1) is 0 Å². The van der Waals surface area contributed by atoms with Crippen molar-refractivity contribution in [3.05, 3.63) is 89.2 Å². The average Bonchev–Trinajstić information content (AvgIpc) is 3.61. The lowest BCUT2D eigenvalue weighted by Crippen LogP contribution is -2.33. The van der Waals surface area contributed by atoms with Crippen LogP contribution >= 0.6 is 0 Å². The van der Waals surface area contributed by atoms with E-state index in [0.717, 1.165) is 56.4 Å². The molecule has 12 heteroatoms. The smallest absolute Gasteiger partial charge is 0.475 e. The lowest BCUT2D eigenvalue weighted by atomic mass is 10.0. The predicted octanol–water partition coefficient (Wildman–Crippen LogP) is 4.76. The Hall–Kier alpha value is -3.32. The Kier molecular flexibility index (Phi) is 10.4. The Morgan fingerprint density at radius 1 is 0.929 bits per heavy atom. The highest BCUT2D eigenvalue weighted by Gasteiger charge is 2.38. The third kappa shape index (κ3) is 8.60. The van der Waals surface area contributed by atoms with Crippen LogP contribution in [0.4, 0.5) is 17.6 Å². The molecular formula is C30H33F4N3O4S. The summed E-state index contributed by atoms with van der Waals surface area (Å²) in [6, 6.07) is 21.3. The second-order valence-electron chi connectivity index (χ2n) is 10.3. The maximum atomic E-state index is 14.9. The molecule has 0 amide bonds. The maximum absolute atomic E-state index is 14.9. The van der Waals surface area contributed by atoms with Crippen molar-refractivity contribution < 1.29 is 35.9 Å². The maximum Gasteiger partial charge on any atom is 0.490 e. The average molecular weight is 608 g/mol. The zero-order valence-electron chi connectivity index (χ0n) is 22.8. The van der Waals surface area contributed by atoms with E-state index in [9.17, 15) is 26.0 Å². The van der Waals surface area contributed by atoms with Gasteiger partial charge in [0, 0.05) is 25.7 Å². The Morgan fingerprint density at radius 3 is 2.14 bits per heavy atom. The number of nitrogens with zero attached hydrogens (tertiary/aromatic N) is 1. The second-order valence-corrected chi connectivity index (χ2v) is 12.1. The second kappa shape index (κ2) is 13.8. The number of carboxylic acids is 1. The van der Waals surface area contributed by atoms with Gasteiger partial charge < -0.3 is 15.3 Å². The molecule has 0 saturated carbocycles. The van der Waals surface area contributed by atoms with Gasteiger partial charge in [-0.3, -0.25) is 0 Å². The molecule has 0 unspecified atom stereocenters. The molecule has 1 heterocycles. The number of hydrogen-bond acceptors (Lipinski definition) is 5. The van der Waals surface area contributed by atoms with E-state index < -0.39 is 28.0 Å². The minimum Gasteiger partial charge on any atom is -0.475 e. The first-order valence-corrected chi connectivity index (χ1v) is 15.1. The van der Waals surface area contributed by atoms with E-state index in [2.05, 4.69) is 45.3 Å². The monoisotopic (exact) mass is 607 g/mol. The topological polar surface area (TPSA) is 98.7 Å². The fourth-order valence-electron chi connectivity index (χ4n) is 5.15. The Balaban J connectivity index is 0.000000517. The van der Waals surface area contributed by atoms with Gasteiger partial charge in [-0.2, -0.15) is 13.2 Å². The van der Waals surface area contributed by atoms with Crippen LogP contribution in [0.15, 0.2) is 71.6 Å². The summed E-state index contributed by atoms with van der Waals surface area (Å²) < 4.78 is 74.5. The molecule has 0 bridgehead atoms. The van der Waals surface area contributed by atoms with Crippen molar-refractivity contribution in [2.75, 3.05) is 26.2 Å². The van der Waals surface area contributed by atoms with Crippen LogP contribution in [0, 0.1) is 5.82 Å². The van der Waals surface area contributed by atoms with Crippen molar-refractivity contribution in [3.63, 3.8) is 0 Å². The van der Waals surface area contributed by atoms with Gasteiger partial charge in [0.2, 0.25) is 10.0 Å². The first-order chi connectivity index (χ1) is 19.9. The number of fused-ring (bicyclic) bond motifs is 1. The van der Waals surface area contributed by atoms with Crippen LogP contribution < -0.4 is 10.0 Å². The largest absolute Gasteiger partial charge is 0.490 e. The van der Waals surface area contributed by atoms with Gasteiger partial charge in [0.1, 0.15) is 10.7 Å². The molecule has 0 atom stereocenters. The first kappa shape index (κ1) is 31.6. The highest BCUT2D eigenvalue weighted by atomic mass is 32.2. The molecule has 3 aromatic carbocycles. The molecule has 2 aliphatic rings. The molecule has 3 N–H and O–H groups in total. The number of aliphatic carboxylic acids is 1. The summed E-state index contributed by atoms with van der Waals surface area (Å²) in [6.07, 6.45) is -0.726. The lowest BCUT2D eigenvalue weighted by Gasteiger charge is -2.15. The Morgan fingerprint density at radius 2 is 1.55 bits per heavy atom. The summed E-state index contributed by atoms with van der Waals surface area (Å²) in [6.45, 7) is 3.64. The summed E-state index contributed by atoms with van der Waals surface area (Å²) in [5, 5.41) is 10.8. The SMILES string of the molecule is O=C(O)C(F)(F)F.O=S(=O)(NCCN1CCCC1)c1ccc(-c2cccc(CNC3Cc4ccccc4C3)c2)cc1F. The lowest BCUT2D eigenvalue weighted by molar-refractivity contribution is -0.192. The van der Waals surface area contributed by atoms with Gasteiger partial charge in [0.25, 0.3) is 0 Å². The van der Waals surface area contributed by atoms with Crippen LogP contribution in [0.25, 0.3) is 11.1 Å². The molecule has 0 aromatic heterocycles. The third-order valence-electron chi connectivity index (χ3n) is 7.29. The van der Waals surface area contributed by atoms with Crippen molar-refractivity contribution >= 4 is 16.0 Å². The van der Waals surface area contributed by atoms with Gasteiger partial charge in [-0.1, -0.05) is 48.5 Å².